The molecule has 0 bridgehead atoms. The Balaban J connectivity index is 2.05. The molecule has 0 radical (unpaired) electrons. The van der Waals surface area contributed by atoms with Crippen molar-refractivity contribution >= 4 is 62.7 Å². The lowest BCUT2D eigenvalue weighted by Gasteiger charge is -2.28. The average Bonchev–Trinajstić information content (AvgIpc) is 3.19. The van der Waals surface area contributed by atoms with Crippen LogP contribution >= 0.6 is 39.3 Å². The fraction of sp³-hybridized carbons (Fsp3) is 0.348. The SMILES string of the molecule is CCOC(=O)C1(CCSC)CN(C(=O)Nc2ccc(Br)cc2)N=C1c1ccc(C(F)(F)F)c(Cl)c1. The normalized spacial score (nSPS) is 17.8. The zero-order valence-electron chi connectivity index (χ0n) is 18.8. The number of hydrogen-bond donors (Lipinski definition) is 1. The van der Waals surface area contributed by atoms with Crippen molar-refractivity contribution in [2.45, 2.75) is 19.5 Å². The minimum absolute atomic E-state index is 0.0893. The average molecular weight is 593 g/mol. The van der Waals surface area contributed by atoms with Crippen molar-refractivity contribution in [3.63, 3.8) is 0 Å². The zero-order chi connectivity index (χ0) is 25.8. The van der Waals surface area contributed by atoms with Gasteiger partial charge in [0.05, 0.1) is 29.4 Å². The van der Waals surface area contributed by atoms with Crippen molar-refractivity contribution in [3.8, 4) is 0 Å². The summed E-state index contributed by atoms with van der Waals surface area (Å²) in [5.41, 5.74) is -1.54. The van der Waals surface area contributed by atoms with Crippen LogP contribution in [-0.4, -0.2) is 47.9 Å². The van der Waals surface area contributed by atoms with E-state index in [4.69, 9.17) is 16.3 Å². The summed E-state index contributed by atoms with van der Waals surface area (Å²) in [6.45, 7) is 1.60. The summed E-state index contributed by atoms with van der Waals surface area (Å²) in [6, 6.07) is 9.44. The number of halogens is 5. The molecule has 1 aliphatic rings. The Hall–Kier alpha value is -2.24. The predicted octanol–water partition coefficient (Wildman–Crippen LogP) is 6.68. The minimum Gasteiger partial charge on any atom is -0.465 e. The van der Waals surface area contributed by atoms with E-state index in [1.165, 1.54) is 17.8 Å². The van der Waals surface area contributed by atoms with Crippen LogP contribution in [0.5, 0.6) is 0 Å². The summed E-state index contributed by atoms with van der Waals surface area (Å²) in [4.78, 5) is 26.3. The number of thioether (sulfide) groups is 1. The number of amides is 2. The second-order valence-corrected chi connectivity index (χ2v) is 9.99. The van der Waals surface area contributed by atoms with Gasteiger partial charge in [-0.05, 0) is 61.8 Å². The van der Waals surface area contributed by atoms with Crippen molar-refractivity contribution < 1.29 is 27.5 Å². The standard InChI is InChI=1S/C23H22BrClF3N3O3S/c1-3-34-20(32)22(10-11-35-2)13-31(21(33)29-16-7-5-15(24)6-8-16)30-19(22)14-4-9-17(18(25)12-14)23(26,27)28/h4-9,12H,3,10-11,13H2,1-2H3,(H,29,33). The van der Waals surface area contributed by atoms with Gasteiger partial charge in [0.1, 0.15) is 5.41 Å². The highest BCUT2D eigenvalue weighted by Crippen LogP contribution is 2.40. The van der Waals surface area contributed by atoms with Crippen LogP contribution in [-0.2, 0) is 15.7 Å². The van der Waals surface area contributed by atoms with Crippen LogP contribution in [0.1, 0.15) is 24.5 Å². The maximum atomic E-state index is 13.2. The lowest BCUT2D eigenvalue weighted by Crippen LogP contribution is -2.45. The molecular formula is C23H22BrClF3N3O3S. The van der Waals surface area contributed by atoms with Gasteiger partial charge in [-0.2, -0.15) is 30.0 Å². The van der Waals surface area contributed by atoms with Crippen LogP contribution in [0.2, 0.25) is 5.02 Å². The number of urea groups is 1. The topological polar surface area (TPSA) is 71.0 Å². The molecule has 0 aliphatic carbocycles. The molecule has 0 spiro atoms. The fourth-order valence-electron chi connectivity index (χ4n) is 3.65. The molecule has 1 unspecified atom stereocenters. The monoisotopic (exact) mass is 591 g/mol. The third-order valence-electron chi connectivity index (χ3n) is 5.37. The number of ether oxygens (including phenoxy) is 1. The number of carbonyl (C=O) groups excluding carboxylic acids is 2. The maximum absolute atomic E-state index is 13.2. The van der Waals surface area contributed by atoms with Gasteiger partial charge in [-0.15, -0.1) is 0 Å². The molecule has 188 valence electrons. The van der Waals surface area contributed by atoms with Crippen LogP contribution in [0.25, 0.3) is 0 Å². The van der Waals surface area contributed by atoms with E-state index in [9.17, 15) is 22.8 Å². The fourth-order valence-corrected chi connectivity index (χ4v) is 4.76. The van der Waals surface area contributed by atoms with E-state index < -0.39 is 34.2 Å². The van der Waals surface area contributed by atoms with Gasteiger partial charge in [-0.25, -0.2) is 9.80 Å². The summed E-state index contributed by atoms with van der Waals surface area (Å²) in [7, 11) is 0. The van der Waals surface area contributed by atoms with E-state index in [0.717, 1.165) is 21.6 Å². The number of anilines is 1. The van der Waals surface area contributed by atoms with Crippen molar-refractivity contribution in [3.05, 3.63) is 63.1 Å². The molecule has 1 atom stereocenters. The molecule has 12 heteroatoms. The van der Waals surface area contributed by atoms with Gasteiger partial charge >= 0.3 is 18.2 Å². The first-order valence-corrected chi connectivity index (χ1v) is 13.0. The molecule has 0 fully saturated rings. The van der Waals surface area contributed by atoms with Crippen LogP contribution in [0, 0.1) is 5.41 Å². The second kappa shape index (κ2) is 11.2. The largest absolute Gasteiger partial charge is 0.465 e. The van der Waals surface area contributed by atoms with Gasteiger partial charge in [0.2, 0.25) is 0 Å². The molecule has 1 heterocycles. The molecular weight excluding hydrogens is 571 g/mol. The smallest absolute Gasteiger partial charge is 0.417 e. The van der Waals surface area contributed by atoms with Gasteiger partial charge in [-0.1, -0.05) is 33.6 Å². The molecule has 2 amide bonds. The molecule has 1 aliphatic heterocycles. The number of nitrogens with zero attached hydrogens (tertiary/aromatic N) is 2. The second-order valence-electron chi connectivity index (χ2n) is 7.68. The Morgan fingerprint density at radius 3 is 2.51 bits per heavy atom. The van der Waals surface area contributed by atoms with E-state index in [2.05, 4.69) is 26.3 Å². The summed E-state index contributed by atoms with van der Waals surface area (Å²) in [6.07, 6.45) is -2.52. The summed E-state index contributed by atoms with van der Waals surface area (Å²) >= 11 is 10.8. The molecule has 2 aromatic rings. The molecule has 1 N–H and O–H groups in total. The summed E-state index contributed by atoms with van der Waals surface area (Å²) in [5.74, 6) is -0.0864. The van der Waals surface area contributed by atoms with Gasteiger partial charge in [0.15, 0.2) is 0 Å². The zero-order valence-corrected chi connectivity index (χ0v) is 21.9. The summed E-state index contributed by atoms with van der Waals surface area (Å²) in [5, 5.41) is 7.68. The van der Waals surface area contributed by atoms with Gasteiger partial charge < -0.3 is 10.1 Å². The first kappa shape index (κ1) is 27.3. The van der Waals surface area contributed by atoms with Crippen molar-refractivity contribution in [1.29, 1.82) is 0 Å². The maximum Gasteiger partial charge on any atom is 0.417 e. The number of hydrazone groups is 1. The van der Waals surface area contributed by atoms with Gasteiger partial charge in [0.25, 0.3) is 0 Å². The summed E-state index contributed by atoms with van der Waals surface area (Å²) < 4.78 is 45.9. The molecule has 0 saturated carbocycles. The quantitative estimate of drug-likeness (QED) is 0.364. The van der Waals surface area contributed by atoms with Crippen molar-refractivity contribution in [2.24, 2.45) is 10.5 Å². The number of hydrogen-bond acceptors (Lipinski definition) is 5. The third kappa shape index (κ3) is 6.13. The minimum atomic E-state index is -4.64. The number of rotatable bonds is 7. The van der Waals surface area contributed by atoms with Crippen LogP contribution < -0.4 is 5.32 Å². The highest BCUT2D eigenvalue weighted by molar-refractivity contribution is 9.10. The lowest BCUT2D eigenvalue weighted by atomic mass is 9.77. The molecule has 6 nitrogen and oxygen atoms in total. The first-order valence-electron chi connectivity index (χ1n) is 10.5. The predicted molar refractivity (Wildman–Crippen MR) is 135 cm³/mol. The Morgan fingerprint density at radius 2 is 1.94 bits per heavy atom. The van der Waals surface area contributed by atoms with E-state index in [-0.39, 0.29) is 30.8 Å². The molecule has 3 rings (SSSR count). The third-order valence-corrected chi connectivity index (χ3v) is 6.82. The highest BCUT2D eigenvalue weighted by atomic mass is 79.9. The Bertz CT molecular complexity index is 1130. The van der Waals surface area contributed by atoms with Gasteiger partial charge in [0, 0.05) is 15.7 Å². The number of nitrogens with one attached hydrogen (secondary N) is 1. The highest BCUT2D eigenvalue weighted by Gasteiger charge is 2.52. The van der Waals surface area contributed by atoms with Crippen molar-refractivity contribution in [2.75, 3.05) is 30.5 Å². The molecule has 35 heavy (non-hydrogen) atoms. The van der Waals surface area contributed by atoms with Crippen molar-refractivity contribution in [1.82, 2.24) is 5.01 Å². The van der Waals surface area contributed by atoms with E-state index in [1.54, 1.807) is 31.2 Å². The molecule has 0 saturated heterocycles. The number of alkyl halides is 3. The Labute approximate surface area is 218 Å². The number of carbonyl (C=O) groups is 2. The number of esters is 1. The van der Waals surface area contributed by atoms with E-state index in [0.29, 0.717) is 11.4 Å². The van der Waals surface area contributed by atoms with Crippen LogP contribution in [0.3, 0.4) is 0 Å². The Kier molecular flexibility index (Phi) is 8.76. The van der Waals surface area contributed by atoms with Gasteiger partial charge in [-0.3, -0.25) is 4.79 Å². The first-order chi connectivity index (χ1) is 16.5. The van der Waals surface area contributed by atoms with E-state index >= 15 is 0 Å². The molecule has 2 aromatic carbocycles. The Morgan fingerprint density at radius 1 is 1.26 bits per heavy atom. The van der Waals surface area contributed by atoms with Crippen LogP contribution in [0.4, 0.5) is 23.7 Å². The number of benzene rings is 2. The van der Waals surface area contributed by atoms with E-state index in [1.807, 2.05) is 6.26 Å². The lowest BCUT2D eigenvalue weighted by molar-refractivity contribution is -0.151. The van der Waals surface area contributed by atoms with Crippen LogP contribution in [0.15, 0.2) is 52.0 Å². The molecule has 0 aromatic heterocycles.